The molecule has 1 heterocycles. The van der Waals surface area contributed by atoms with Gasteiger partial charge in [-0.2, -0.15) is 0 Å². The van der Waals surface area contributed by atoms with Gasteiger partial charge in [0, 0.05) is 24.2 Å². The normalized spacial score (nSPS) is 13.2. The Balaban J connectivity index is 2.14. The SMILES string of the molecule is CN(c1ccccc1)c1ccnc2c1=CCCC=2. The molecule has 0 aliphatic heterocycles. The van der Waals surface area contributed by atoms with Crippen LogP contribution in [0.25, 0.3) is 12.2 Å². The zero-order valence-electron chi connectivity index (χ0n) is 10.5. The first kappa shape index (κ1) is 11.0. The zero-order chi connectivity index (χ0) is 12.4. The number of rotatable bonds is 2. The van der Waals surface area contributed by atoms with Crippen LogP contribution in [0.3, 0.4) is 0 Å². The highest BCUT2D eigenvalue weighted by Gasteiger charge is 2.07. The minimum atomic E-state index is 1.10. The van der Waals surface area contributed by atoms with E-state index in [1.54, 1.807) is 0 Å². The highest BCUT2D eigenvalue weighted by atomic mass is 15.1. The predicted molar refractivity (Wildman–Crippen MR) is 76.2 cm³/mol. The standard InChI is InChI=1S/C16H16N2/c1-18(13-7-3-2-4-8-13)16-11-12-17-15-10-6-5-9-14(15)16/h2-4,7-12H,5-6H2,1H3. The van der Waals surface area contributed by atoms with Crippen molar-refractivity contribution in [1.82, 2.24) is 4.98 Å². The van der Waals surface area contributed by atoms with Gasteiger partial charge in [0.15, 0.2) is 0 Å². The number of pyridine rings is 1. The molecule has 0 saturated carbocycles. The van der Waals surface area contributed by atoms with Crippen LogP contribution in [0.2, 0.25) is 0 Å². The summed E-state index contributed by atoms with van der Waals surface area (Å²) in [6, 6.07) is 12.5. The Morgan fingerprint density at radius 1 is 1.00 bits per heavy atom. The van der Waals surface area contributed by atoms with Crippen molar-refractivity contribution in [1.29, 1.82) is 0 Å². The first-order valence-corrected chi connectivity index (χ1v) is 6.30. The quantitative estimate of drug-likeness (QED) is 0.794. The summed E-state index contributed by atoms with van der Waals surface area (Å²) in [6.45, 7) is 0. The van der Waals surface area contributed by atoms with E-state index in [1.807, 2.05) is 12.3 Å². The maximum Gasteiger partial charge on any atom is 0.0679 e. The molecule has 0 unspecified atom stereocenters. The van der Waals surface area contributed by atoms with Crippen molar-refractivity contribution in [3.05, 3.63) is 53.2 Å². The van der Waals surface area contributed by atoms with Gasteiger partial charge in [0.2, 0.25) is 0 Å². The molecule has 0 radical (unpaired) electrons. The third-order valence-electron chi connectivity index (χ3n) is 3.36. The molecule has 0 N–H and O–H groups in total. The van der Waals surface area contributed by atoms with E-state index in [0.717, 1.165) is 18.2 Å². The lowest BCUT2D eigenvalue weighted by Crippen LogP contribution is -2.34. The largest absolute Gasteiger partial charge is 0.344 e. The summed E-state index contributed by atoms with van der Waals surface area (Å²) in [7, 11) is 2.10. The third-order valence-corrected chi connectivity index (χ3v) is 3.36. The van der Waals surface area contributed by atoms with Crippen LogP contribution < -0.4 is 15.5 Å². The van der Waals surface area contributed by atoms with E-state index in [4.69, 9.17) is 0 Å². The highest BCUT2D eigenvalue weighted by Crippen LogP contribution is 2.19. The first-order chi connectivity index (χ1) is 8.86. The van der Waals surface area contributed by atoms with Crippen molar-refractivity contribution in [2.24, 2.45) is 0 Å². The van der Waals surface area contributed by atoms with Gasteiger partial charge in [0.1, 0.15) is 0 Å². The lowest BCUT2D eigenvalue weighted by Gasteiger charge is -2.20. The van der Waals surface area contributed by atoms with Gasteiger partial charge in [-0.1, -0.05) is 30.4 Å². The second-order valence-electron chi connectivity index (χ2n) is 4.51. The second-order valence-corrected chi connectivity index (χ2v) is 4.51. The molecule has 90 valence electrons. The summed E-state index contributed by atoms with van der Waals surface area (Å²) in [5.41, 5.74) is 2.42. The molecule has 0 amide bonds. The summed E-state index contributed by atoms with van der Waals surface area (Å²) in [4.78, 5) is 6.66. The van der Waals surface area contributed by atoms with E-state index in [0.29, 0.717) is 0 Å². The van der Waals surface area contributed by atoms with Crippen LogP contribution in [0.5, 0.6) is 0 Å². The molecule has 0 fully saturated rings. The Labute approximate surface area is 107 Å². The molecule has 1 aliphatic rings. The number of hydrogen-bond acceptors (Lipinski definition) is 2. The summed E-state index contributed by atoms with van der Waals surface area (Å²) in [6.07, 6.45) is 8.60. The van der Waals surface area contributed by atoms with Crippen LogP contribution in [0.15, 0.2) is 42.6 Å². The van der Waals surface area contributed by atoms with Gasteiger partial charge in [-0.15, -0.1) is 0 Å². The minimum Gasteiger partial charge on any atom is -0.344 e. The van der Waals surface area contributed by atoms with Crippen molar-refractivity contribution in [2.75, 3.05) is 11.9 Å². The fraction of sp³-hybridized carbons (Fsp3) is 0.188. The summed E-state index contributed by atoms with van der Waals surface area (Å²) in [5.74, 6) is 0. The zero-order valence-corrected chi connectivity index (χ0v) is 10.5. The fourth-order valence-electron chi connectivity index (χ4n) is 2.38. The monoisotopic (exact) mass is 236 g/mol. The predicted octanol–water partition coefficient (Wildman–Crippen LogP) is 2.20. The molecular formula is C16H16N2. The summed E-state index contributed by atoms with van der Waals surface area (Å²) in [5, 5.41) is 2.37. The van der Waals surface area contributed by atoms with Gasteiger partial charge in [-0.3, -0.25) is 4.98 Å². The van der Waals surface area contributed by atoms with Gasteiger partial charge in [-0.25, -0.2) is 0 Å². The molecule has 0 saturated heterocycles. The van der Waals surface area contributed by atoms with Crippen LogP contribution in [0.1, 0.15) is 12.8 Å². The molecule has 1 aromatic carbocycles. The van der Waals surface area contributed by atoms with Gasteiger partial charge >= 0.3 is 0 Å². The van der Waals surface area contributed by atoms with E-state index < -0.39 is 0 Å². The van der Waals surface area contributed by atoms with E-state index in [1.165, 1.54) is 16.6 Å². The summed E-state index contributed by atoms with van der Waals surface area (Å²) < 4.78 is 0. The third kappa shape index (κ3) is 1.90. The molecule has 3 rings (SSSR count). The number of fused-ring (bicyclic) bond motifs is 1. The fourth-order valence-corrected chi connectivity index (χ4v) is 2.38. The van der Waals surface area contributed by atoms with Gasteiger partial charge < -0.3 is 4.90 Å². The van der Waals surface area contributed by atoms with Crippen LogP contribution in [-0.4, -0.2) is 12.0 Å². The molecule has 2 aromatic rings. The molecule has 2 heteroatoms. The van der Waals surface area contributed by atoms with Crippen molar-refractivity contribution < 1.29 is 0 Å². The van der Waals surface area contributed by atoms with E-state index in [2.05, 4.69) is 59.4 Å². The Morgan fingerprint density at radius 2 is 1.78 bits per heavy atom. The molecule has 0 spiro atoms. The van der Waals surface area contributed by atoms with Gasteiger partial charge in [0.25, 0.3) is 0 Å². The maximum atomic E-state index is 4.44. The average molecular weight is 236 g/mol. The van der Waals surface area contributed by atoms with Gasteiger partial charge in [-0.05, 0) is 31.0 Å². The van der Waals surface area contributed by atoms with E-state index >= 15 is 0 Å². The number of para-hydroxylation sites is 1. The Morgan fingerprint density at radius 3 is 2.61 bits per heavy atom. The lowest BCUT2D eigenvalue weighted by molar-refractivity contribution is 1.06. The van der Waals surface area contributed by atoms with Gasteiger partial charge in [0.05, 0.1) is 11.0 Å². The number of hydrogen-bond donors (Lipinski definition) is 0. The van der Waals surface area contributed by atoms with Crippen LogP contribution in [0, 0.1) is 0 Å². The topological polar surface area (TPSA) is 16.1 Å². The number of aromatic nitrogens is 1. The molecule has 0 bridgehead atoms. The highest BCUT2D eigenvalue weighted by molar-refractivity contribution is 5.64. The average Bonchev–Trinajstić information content (AvgIpc) is 2.47. The van der Waals surface area contributed by atoms with Crippen LogP contribution in [-0.2, 0) is 0 Å². The smallest absolute Gasteiger partial charge is 0.0679 e. The first-order valence-electron chi connectivity index (χ1n) is 6.30. The molecule has 2 nitrogen and oxygen atoms in total. The Kier molecular flexibility index (Phi) is 2.85. The Bertz CT molecular complexity index is 659. The molecular weight excluding hydrogens is 220 g/mol. The van der Waals surface area contributed by atoms with Crippen LogP contribution in [0.4, 0.5) is 11.4 Å². The minimum absolute atomic E-state index is 1.10. The van der Waals surface area contributed by atoms with Crippen molar-refractivity contribution in [3.8, 4) is 0 Å². The van der Waals surface area contributed by atoms with E-state index in [-0.39, 0.29) is 0 Å². The molecule has 1 aromatic heterocycles. The van der Waals surface area contributed by atoms with Crippen molar-refractivity contribution in [2.45, 2.75) is 12.8 Å². The lowest BCUT2D eigenvalue weighted by atomic mass is 10.1. The van der Waals surface area contributed by atoms with E-state index in [9.17, 15) is 0 Å². The second kappa shape index (κ2) is 4.65. The number of anilines is 2. The van der Waals surface area contributed by atoms with Crippen LogP contribution >= 0.6 is 0 Å². The number of benzene rings is 1. The maximum absolute atomic E-state index is 4.44. The van der Waals surface area contributed by atoms with Crippen molar-refractivity contribution >= 4 is 23.5 Å². The van der Waals surface area contributed by atoms with Crippen molar-refractivity contribution in [3.63, 3.8) is 0 Å². The summed E-state index contributed by atoms with van der Waals surface area (Å²) >= 11 is 0. The molecule has 1 aliphatic carbocycles. The molecule has 0 atom stereocenters. The molecule has 18 heavy (non-hydrogen) atoms. The Hall–Kier alpha value is -2.09. The number of nitrogens with zero attached hydrogens (tertiary/aromatic N) is 2.